The number of hydrogen-bond donors (Lipinski definition) is 2. The van der Waals surface area contributed by atoms with E-state index in [9.17, 15) is 14.4 Å². The van der Waals surface area contributed by atoms with Gasteiger partial charge in [-0.2, -0.15) is 0 Å². The Bertz CT molecular complexity index is 875. The molecule has 6 nitrogen and oxygen atoms in total. The highest BCUT2D eigenvalue weighted by atomic mass is 32.1. The fourth-order valence-corrected chi connectivity index (χ4v) is 3.96. The van der Waals surface area contributed by atoms with Gasteiger partial charge in [0.2, 0.25) is 5.91 Å². The summed E-state index contributed by atoms with van der Waals surface area (Å²) in [6.45, 7) is 4.43. The van der Waals surface area contributed by atoms with Gasteiger partial charge in [0.05, 0.1) is 4.88 Å². The predicted octanol–water partition coefficient (Wildman–Crippen LogP) is 2.64. The number of thiophene rings is 1. The first kappa shape index (κ1) is 19.1. The highest BCUT2D eigenvalue weighted by Gasteiger charge is 2.27. The van der Waals surface area contributed by atoms with E-state index in [1.807, 2.05) is 37.4 Å². The molecule has 0 spiro atoms. The Hall–Kier alpha value is -2.67. The number of primary amides is 1. The van der Waals surface area contributed by atoms with Gasteiger partial charge in [0.15, 0.2) is 0 Å². The molecule has 3 rings (SSSR count). The number of benzene rings is 1. The lowest BCUT2D eigenvalue weighted by Crippen LogP contribution is -2.45. The van der Waals surface area contributed by atoms with Crippen molar-refractivity contribution < 1.29 is 14.4 Å². The third-order valence-electron chi connectivity index (χ3n) is 4.67. The first-order valence-electron chi connectivity index (χ1n) is 8.94. The summed E-state index contributed by atoms with van der Waals surface area (Å²) in [5.41, 5.74) is 7.63. The Morgan fingerprint density at radius 2 is 2.07 bits per heavy atom. The van der Waals surface area contributed by atoms with Crippen LogP contribution in [0.5, 0.6) is 0 Å². The lowest BCUT2D eigenvalue weighted by Gasteiger charge is -2.29. The van der Waals surface area contributed by atoms with Gasteiger partial charge in [0.1, 0.15) is 0 Å². The van der Waals surface area contributed by atoms with E-state index >= 15 is 0 Å². The second-order valence-corrected chi connectivity index (χ2v) is 7.91. The number of rotatable bonds is 6. The van der Waals surface area contributed by atoms with Crippen LogP contribution in [0.2, 0.25) is 0 Å². The molecular weight excluding hydrogens is 362 g/mol. The Morgan fingerprint density at radius 3 is 2.67 bits per heavy atom. The molecular formula is C20H23N3O3S. The molecule has 0 radical (unpaired) electrons. The fraction of sp³-hybridized carbons (Fsp3) is 0.350. The number of hydrogen-bond acceptors (Lipinski definition) is 4. The number of nitrogens with one attached hydrogen (secondary N) is 1. The van der Waals surface area contributed by atoms with Gasteiger partial charge >= 0.3 is 0 Å². The molecule has 1 aliphatic heterocycles. The maximum absolute atomic E-state index is 13.1. The molecule has 0 bridgehead atoms. The molecule has 0 unspecified atom stereocenters. The van der Waals surface area contributed by atoms with Gasteiger partial charge in [-0.25, -0.2) is 0 Å². The summed E-state index contributed by atoms with van der Waals surface area (Å²) < 4.78 is 0. The van der Waals surface area contributed by atoms with Crippen molar-refractivity contribution >= 4 is 29.1 Å². The first-order valence-corrected chi connectivity index (χ1v) is 9.82. The van der Waals surface area contributed by atoms with E-state index in [2.05, 4.69) is 5.32 Å². The van der Waals surface area contributed by atoms with E-state index in [4.69, 9.17) is 5.73 Å². The van der Waals surface area contributed by atoms with Gasteiger partial charge in [-0.05, 0) is 55.0 Å². The predicted molar refractivity (Wildman–Crippen MR) is 106 cm³/mol. The quantitative estimate of drug-likeness (QED) is 0.801. The van der Waals surface area contributed by atoms with Crippen LogP contribution < -0.4 is 11.1 Å². The van der Waals surface area contributed by atoms with E-state index in [-0.39, 0.29) is 23.9 Å². The number of carbonyl (C=O) groups excluding carboxylic acids is 3. The third-order valence-corrected chi connectivity index (χ3v) is 5.62. The van der Waals surface area contributed by atoms with Crippen molar-refractivity contribution in [1.82, 2.24) is 10.2 Å². The van der Waals surface area contributed by atoms with Gasteiger partial charge in [-0.15, -0.1) is 11.3 Å². The van der Waals surface area contributed by atoms with Crippen molar-refractivity contribution in [2.75, 3.05) is 6.54 Å². The van der Waals surface area contributed by atoms with Crippen LogP contribution in [0, 0.1) is 0 Å². The Kier molecular flexibility index (Phi) is 5.60. The molecule has 1 fully saturated rings. The van der Waals surface area contributed by atoms with E-state index < -0.39 is 5.91 Å². The Morgan fingerprint density at radius 1 is 1.30 bits per heavy atom. The Balaban J connectivity index is 1.81. The Labute approximate surface area is 162 Å². The summed E-state index contributed by atoms with van der Waals surface area (Å²) in [6, 6.07) is 9.11. The van der Waals surface area contributed by atoms with Crippen molar-refractivity contribution in [3.8, 4) is 11.1 Å². The van der Waals surface area contributed by atoms with Crippen LogP contribution in [0.3, 0.4) is 0 Å². The molecule has 1 aliphatic rings. The second kappa shape index (κ2) is 7.92. The van der Waals surface area contributed by atoms with Gasteiger partial charge in [0, 0.05) is 30.6 Å². The monoisotopic (exact) mass is 385 g/mol. The van der Waals surface area contributed by atoms with Crippen LogP contribution in [0.4, 0.5) is 0 Å². The van der Waals surface area contributed by atoms with Gasteiger partial charge in [-0.3, -0.25) is 14.4 Å². The van der Waals surface area contributed by atoms with Crippen LogP contribution in [-0.2, 0) is 4.79 Å². The zero-order valence-corrected chi connectivity index (χ0v) is 16.2. The summed E-state index contributed by atoms with van der Waals surface area (Å²) in [6.07, 6.45) is 1.26. The molecule has 3 amide bonds. The maximum Gasteiger partial charge on any atom is 0.258 e. The standard InChI is InChI=1S/C20H23N3O3S/c1-12(2)23(10-16-6-7-18(24)22-16)20(26)14-5-3-4-13(8-14)15-9-17(19(21)25)27-11-15/h3-5,8-9,11-12,16H,6-7,10H2,1-2H3,(H2,21,25)(H,22,24)/t16-/m1/s1. The lowest BCUT2D eigenvalue weighted by molar-refractivity contribution is -0.119. The van der Waals surface area contributed by atoms with Gasteiger partial charge in [0.25, 0.3) is 11.8 Å². The molecule has 1 aromatic carbocycles. The SMILES string of the molecule is CC(C)N(C[C@H]1CCC(=O)N1)C(=O)c1cccc(-c2csc(C(N)=O)c2)c1. The van der Waals surface area contributed by atoms with E-state index in [0.29, 0.717) is 23.4 Å². The van der Waals surface area contributed by atoms with Gasteiger partial charge in [-0.1, -0.05) is 12.1 Å². The zero-order chi connectivity index (χ0) is 19.6. The van der Waals surface area contributed by atoms with Crippen LogP contribution in [-0.4, -0.2) is 41.2 Å². The zero-order valence-electron chi connectivity index (χ0n) is 15.4. The summed E-state index contributed by atoms with van der Waals surface area (Å²) in [5.74, 6) is -0.484. The summed E-state index contributed by atoms with van der Waals surface area (Å²) in [4.78, 5) is 38.1. The van der Waals surface area contributed by atoms with E-state index in [1.165, 1.54) is 11.3 Å². The summed E-state index contributed by atoms with van der Waals surface area (Å²) in [5, 5.41) is 4.78. The first-order chi connectivity index (χ1) is 12.8. The van der Waals surface area contributed by atoms with Crippen molar-refractivity contribution in [1.29, 1.82) is 0 Å². The maximum atomic E-state index is 13.1. The number of nitrogens with two attached hydrogens (primary N) is 1. The third kappa shape index (κ3) is 4.36. The summed E-state index contributed by atoms with van der Waals surface area (Å²) >= 11 is 1.29. The second-order valence-electron chi connectivity index (χ2n) is 7.00. The van der Waals surface area contributed by atoms with Crippen LogP contribution in [0.1, 0.15) is 46.7 Å². The highest BCUT2D eigenvalue weighted by molar-refractivity contribution is 7.12. The van der Waals surface area contributed by atoms with Crippen molar-refractivity contribution in [2.24, 2.45) is 5.73 Å². The fourth-order valence-electron chi connectivity index (χ4n) is 3.19. The van der Waals surface area contributed by atoms with Gasteiger partial charge < -0.3 is 16.0 Å². The smallest absolute Gasteiger partial charge is 0.258 e. The lowest BCUT2D eigenvalue weighted by atomic mass is 10.0. The van der Waals surface area contributed by atoms with Crippen molar-refractivity contribution in [3.05, 3.63) is 46.2 Å². The average Bonchev–Trinajstić information content (AvgIpc) is 3.28. The largest absolute Gasteiger partial charge is 0.365 e. The molecule has 1 atom stereocenters. The van der Waals surface area contributed by atoms with Crippen molar-refractivity contribution in [3.63, 3.8) is 0 Å². The molecule has 0 saturated carbocycles. The molecule has 27 heavy (non-hydrogen) atoms. The van der Waals surface area contributed by atoms with E-state index in [1.54, 1.807) is 17.0 Å². The van der Waals surface area contributed by atoms with E-state index in [0.717, 1.165) is 17.5 Å². The number of amides is 3. The minimum Gasteiger partial charge on any atom is -0.365 e. The topological polar surface area (TPSA) is 92.5 Å². The van der Waals surface area contributed by atoms with Crippen molar-refractivity contribution in [2.45, 2.75) is 38.8 Å². The molecule has 0 aliphatic carbocycles. The molecule has 3 N–H and O–H groups in total. The summed E-state index contributed by atoms with van der Waals surface area (Å²) in [7, 11) is 0. The molecule has 2 aromatic rings. The average molecular weight is 385 g/mol. The number of nitrogens with zero attached hydrogens (tertiary/aromatic N) is 1. The molecule has 1 saturated heterocycles. The molecule has 1 aromatic heterocycles. The molecule has 7 heteroatoms. The van der Waals surface area contributed by atoms with Crippen LogP contribution in [0.15, 0.2) is 35.7 Å². The normalized spacial score (nSPS) is 16.4. The number of carbonyl (C=O) groups is 3. The highest BCUT2D eigenvalue weighted by Crippen LogP contribution is 2.27. The minimum atomic E-state index is -0.455. The van der Waals surface area contributed by atoms with Crippen LogP contribution >= 0.6 is 11.3 Å². The minimum absolute atomic E-state index is 0.00188. The van der Waals surface area contributed by atoms with Crippen LogP contribution in [0.25, 0.3) is 11.1 Å². The molecule has 2 heterocycles. The molecule has 142 valence electrons.